The molecular formula is C17H22ClN. The molecule has 1 nitrogen and oxygen atoms in total. The first-order chi connectivity index (χ1) is 9.24. The molecule has 0 heterocycles. The summed E-state index contributed by atoms with van der Waals surface area (Å²) in [6.45, 7) is 0.622. The Kier molecular flexibility index (Phi) is 2.89. The highest BCUT2D eigenvalue weighted by Crippen LogP contribution is 2.60. The van der Waals surface area contributed by atoms with Gasteiger partial charge in [-0.05, 0) is 78.9 Å². The minimum absolute atomic E-state index is 0.622. The summed E-state index contributed by atoms with van der Waals surface area (Å²) >= 11 is 6.50. The molecule has 2 heteroatoms. The van der Waals surface area contributed by atoms with Crippen LogP contribution < -0.4 is 5.73 Å². The lowest BCUT2D eigenvalue weighted by atomic mass is 9.50. The molecule has 0 amide bonds. The highest BCUT2D eigenvalue weighted by Gasteiger charge is 2.48. The lowest BCUT2D eigenvalue weighted by molar-refractivity contribution is -0.00276. The first-order valence-electron chi connectivity index (χ1n) is 7.73. The summed E-state index contributed by atoms with van der Waals surface area (Å²) in [5, 5.41) is 0.967. The molecule has 19 heavy (non-hydrogen) atoms. The summed E-state index contributed by atoms with van der Waals surface area (Å²) in [4.78, 5) is 0. The van der Waals surface area contributed by atoms with Crippen molar-refractivity contribution in [3.8, 4) is 0 Å². The minimum atomic E-state index is 0.622. The third kappa shape index (κ3) is 1.94. The molecule has 4 saturated carbocycles. The van der Waals surface area contributed by atoms with Gasteiger partial charge in [-0.3, -0.25) is 0 Å². The van der Waals surface area contributed by atoms with E-state index in [2.05, 4.69) is 18.2 Å². The molecule has 1 aromatic rings. The maximum absolute atomic E-state index is 6.50. The van der Waals surface area contributed by atoms with Crippen molar-refractivity contribution < 1.29 is 0 Å². The summed E-state index contributed by atoms with van der Waals surface area (Å²) in [6.07, 6.45) is 7.29. The SMILES string of the molecule is NCc1ccc(Cl)c(C2C3CC4CC(C3)CC2C4)c1. The van der Waals surface area contributed by atoms with E-state index in [1.54, 1.807) is 0 Å². The molecule has 4 aliphatic carbocycles. The smallest absolute Gasteiger partial charge is 0.0441 e. The molecule has 2 N–H and O–H groups in total. The predicted octanol–water partition coefficient (Wildman–Crippen LogP) is 4.34. The van der Waals surface area contributed by atoms with Crippen molar-refractivity contribution in [2.45, 2.75) is 44.6 Å². The molecule has 0 atom stereocenters. The van der Waals surface area contributed by atoms with Gasteiger partial charge >= 0.3 is 0 Å². The van der Waals surface area contributed by atoms with Gasteiger partial charge in [0.2, 0.25) is 0 Å². The molecule has 0 unspecified atom stereocenters. The number of halogens is 1. The molecule has 4 fully saturated rings. The number of benzene rings is 1. The zero-order valence-corrected chi connectivity index (χ0v) is 12.1. The van der Waals surface area contributed by atoms with Crippen molar-refractivity contribution in [2.75, 3.05) is 0 Å². The topological polar surface area (TPSA) is 26.0 Å². The summed E-state index contributed by atoms with van der Waals surface area (Å²) in [6, 6.07) is 6.42. The van der Waals surface area contributed by atoms with Crippen LogP contribution in [0.1, 0.15) is 49.1 Å². The summed E-state index contributed by atoms with van der Waals surface area (Å²) in [5.41, 5.74) is 8.43. The number of hydrogen-bond acceptors (Lipinski definition) is 1. The van der Waals surface area contributed by atoms with Crippen LogP contribution in [-0.2, 0) is 6.54 Å². The molecular weight excluding hydrogens is 254 g/mol. The molecule has 0 radical (unpaired) electrons. The van der Waals surface area contributed by atoms with Gasteiger partial charge in [0.05, 0.1) is 0 Å². The molecule has 1 aromatic carbocycles. The maximum Gasteiger partial charge on any atom is 0.0441 e. The van der Waals surface area contributed by atoms with E-state index in [1.165, 1.54) is 43.2 Å². The fourth-order valence-corrected chi connectivity index (χ4v) is 5.65. The van der Waals surface area contributed by atoms with Crippen molar-refractivity contribution >= 4 is 11.6 Å². The third-order valence-electron chi connectivity index (χ3n) is 5.88. The monoisotopic (exact) mass is 275 g/mol. The van der Waals surface area contributed by atoms with E-state index in [0.29, 0.717) is 12.5 Å². The van der Waals surface area contributed by atoms with Gasteiger partial charge in [-0.15, -0.1) is 0 Å². The van der Waals surface area contributed by atoms with Crippen LogP contribution in [0.2, 0.25) is 5.02 Å². The molecule has 102 valence electrons. The van der Waals surface area contributed by atoms with Crippen molar-refractivity contribution in [3.63, 3.8) is 0 Å². The van der Waals surface area contributed by atoms with Crippen LogP contribution in [0.4, 0.5) is 0 Å². The van der Waals surface area contributed by atoms with Gasteiger partial charge in [-0.2, -0.15) is 0 Å². The average molecular weight is 276 g/mol. The van der Waals surface area contributed by atoms with Crippen molar-refractivity contribution in [3.05, 3.63) is 34.3 Å². The van der Waals surface area contributed by atoms with E-state index in [-0.39, 0.29) is 0 Å². The summed E-state index contributed by atoms with van der Waals surface area (Å²) in [7, 11) is 0. The first-order valence-corrected chi connectivity index (χ1v) is 8.10. The van der Waals surface area contributed by atoms with Gasteiger partial charge in [0.25, 0.3) is 0 Å². The molecule has 0 aromatic heterocycles. The summed E-state index contributed by atoms with van der Waals surface area (Å²) < 4.78 is 0. The zero-order chi connectivity index (χ0) is 13.0. The second-order valence-corrected chi connectivity index (χ2v) is 7.42. The molecule has 0 saturated heterocycles. The van der Waals surface area contributed by atoms with Crippen LogP contribution >= 0.6 is 11.6 Å². The second-order valence-electron chi connectivity index (χ2n) is 7.02. The van der Waals surface area contributed by atoms with Gasteiger partial charge < -0.3 is 5.73 Å². The van der Waals surface area contributed by atoms with Crippen LogP contribution in [0.5, 0.6) is 0 Å². The van der Waals surface area contributed by atoms with Gasteiger partial charge in [-0.25, -0.2) is 0 Å². The van der Waals surface area contributed by atoms with Gasteiger partial charge in [0, 0.05) is 11.6 Å². The highest BCUT2D eigenvalue weighted by atomic mass is 35.5. The third-order valence-corrected chi connectivity index (χ3v) is 6.23. The van der Waals surface area contributed by atoms with E-state index >= 15 is 0 Å². The van der Waals surface area contributed by atoms with Gasteiger partial charge in [0.1, 0.15) is 0 Å². The van der Waals surface area contributed by atoms with Crippen LogP contribution in [0.3, 0.4) is 0 Å². The van der Waals surface area contributed by atoms with E-state index in [9.17, 15) is 0 Å². The Balaban J connectivity index is 1.72. The lowest BCUT2D eigenvalue weighted by Crippen LogP contribution is -2.43. The average Bonchev–Trinajstić information content (AvgIpc) is 2.39. The Labute approximate surface area is 120 Å². The van der Waals surface area contributed by atoms with Crippen LogP contribution in [0, 0.1) is 23.7 Å². The molecule has 4 bridgehead atoms. The van der Waals surface area contributed by atoms with E-state index < -0.39 is 0 Å². The van der Waals surface area contributed by atoms with E-state index in [0.717, 1.165) is 28.7 Å². The second kappa shape index (κ2) is 4.49. The van der Waals surface area contributed by atoms with E-state index in [1.807, 2.05) is 0 Å². The Bertz CT molecular complexity index is 468. The molecule has 0 aliphatic heterocycles. The number of rotatable bonds is 2. The molecule has 0 spiro atoms. The van der Waals surface area contributed by atoms with Gasteiger partial charge in [-0.1, -0.05) is 23.7 Å². The zero-order valence-electron chi connectivity index (χ0n) is 11.3. The minimum Gasteiger partial charge on any atom is -0.326 e. The first kappa shape index (κ1) is 12.2. The van der Waals surface area contributed by atoms with Crippen LogP contribution in [0.15, 0.2) is 18.2 Å². The van der Waals surface area contributed by atoms with Crippen LogP contribution in [-0.4, -0.2) is 0 Å². The van der Waals surface area contributed by atoms with Crippen molar-refractivity contribution in [1.29, 1.82) is 0 Å². The normalized spacial score (nSPS) is 39.8. The maximum atomic E-state index is 6.50. The Hall–Kier alpha value is -0.530. The van der Waals surface area contributed by atoms with Crippen molar-refractivity contribution in [2.24, 2.45) is 29.4 Å². The largest absolute Gasteiger partial charge is 0.326 e. The quantitative estimate of drug-likeness (QED) is 0.854. The fourth-order valence-electron chi connectivity index (χ4n) is 5.41. The van der Waals surface area contributed by atoms with Crippen molar-refractivity contribution in [1.82, 2.24) is 0 Å². The summed E-state index contributed by atoms with van der Waals surface area (Å²) in [5.74, 6) is 4.54. The van der Waals surface area contributed by atoms with E-state index in [4.69, 9.17) is 17.3 Å². The Morgan fingerprint density at radius 2 is 1.63 bits per heavy atom. The van der Waals surface area contributed by atoms with Crippen LogP contribution in [0.25, 0.3) is 0 Å². The highest BCUT2D eigenvalue weighted by molar-refractivity contribution is 6.31. The predicted molar refractivity (Wildman–Crippen MR) is 79.1 cm³/mol. The lowest BCUT2D eigenvalue weighted by Gasteiger charge is -2.54. The number of nitrogens with two attached hydrogens (primary N) is 1. The Morgan fingerprint density at radius 3 is 2.21 bits per heavy atom. The molecule has 5 rings (SSSR count). The number of hydrogen-bond donors (Lipinski definition) is 1. The fraction of sp³-hybridized carbons (Fsp3) is 0.647. The molecule has 4 aliphatic rings. The standard InChI is InChI=1S/C17H22ClN/c18-16-2-1-10(9-19)8-15(16)17-13-4-11-3-12(6-13)7-14(17)5-11/h1-2,8,11-14,17H,3-7,9,19H2. The Morgan fingerprint density at radius 1 is 1.00 bits per heavy atom. The van der Waals surface area contributed by atoms with Gasteiger partial charge in [0.15, 0.2) is 0 Å².